The van der Waals surface area contributed by atoms with Crippen molar-refractivity contribution in [1.29, 1.82) is 0 Å². The van der Waals surface area contributed by atoms with Crippen LogP contribution in [0.4, 0.5) is 0 Å². The van der Waals surface area contributed by atoms with E-state index >= 15 is 0 Å². The zero-order valence-corrected chi connectivity index (χ0v) is 15.2. The smallest absolute Gasteiger partial charge is 0.119 e. The zero-order chi connectivity index (χ0) is 17.5. The van der Waals surface area contributed by atoms with Gasteiger partial charge in [0.05, 0.1) is 10.9 Å². The summed E-state index contributed by atoms with van der Waals surface area (Å²) in [5.74, 6) is 1.27. The summed E-state index contributed by atoms with van der Waals surface area (Å²) in [5, 5.41) is 0.723. The van der Waals surface area contributed by atoms with Gasteiger partial charge in [-0.15, -0.1) is 11.6 Å². The van der Waals surface area contributed by atoms with E-state index in [0.29, 0.717) is 12.5 Å². The molecule has 1 nitrogen and oxygen atoms in total. The second kappa shape index (κ2) is 8.75. The van der Waals surface area contributed by atoms with Crippen molar-refractivity contribution in [3.05, 3.63) is 102 Å². The van der Waals surface area contributed by atoms with Gasteiger partial charge in [0.15, 0.2) is 0 Å². The van der Waals surface area contributed by atoms with E-state index < -0.39 is 0 Å². The van der Waals surface area contributed by atoms with Gasteiger partial charge in [0.1, 0.15) is 12.4 Å². The molecule has 0 N–H and O–H groups in total. The molecule has 126 valence electrons. The minimum Gasteiger partial charge on any atom is -0.492 e. The normalized spacial score (nSPS) is 11.8. The van der Waals surface area contributed by atoms with Crippen LogP contribution in [0.25, 0.3) is 10.6 Å². The van der Waals surface area contributed by atoms with Crippen LogP contribution < -0.4 is 4.74 Å². The van der Waals surface area contributed by atoms with Crippen molar-refractivity contribution >= 4 is 33.8 Å². The third-order valence-corrected chi connectivity index (χ3v) is 4.36. The van der Waals surface area contributed by atoms with Crippen molar-refractivity contribution in [2.45, 2.75) is 0 Å². The number of halogens is 2. The lowest BCUT2D eigenvalue weighted by Crippen LogP contribution is -1.98. The highest BCUT2D eigenvalue weighted by atomic mass is 35.5. The van der Waals surface area contributed by atoms with Gasteiger partial charge in [-0.2, -0.15) is 0 Å². The van der Waals surface area contributed by atoms with Crippen LogP contribution in [0.5, 0.6) is 5.75 Å². The second-order valence-electron chi connectivity index (χ2n) is 5.48. The summed E-state index contributed by atoms with van der Waals surface area (Å²) in [7, 11) is 0. The van der Waals surface area contributed by atoms with Gasteiger partial charge in [0.25, 0.3) is 0 Å². The van der Waals surface area contributed by atoms with Crippen LogP contribution in [0.3, 0.4) is 0 Å². The highest BCUT2D eigenvalue weighted by Crippen LogP contribution is 2.35. The van der Waals surface area contributed by atoms with Crippen LogP contribution in [0.2, 0.25) is 0 Å². The number of alkyl halides is 1. The molecule has 0 saturated carbocycles. The van der Waals surface area contributed by atoms with E-state index in [9.17, 15) is 0 Å². The number of hydrogen-bond acceptors (Lipinski definition) is 1. The summed E-state index contributed by atoms with van der Waals surface area (Å²) < 4.78 is 5.56. The van der Waals surface area contributed by atoms with Gasteiger partial charge in [0, 0.05) is 5.57 Å². The maximum absolute atomic E-state index is 6.80. The fourth-order valence-corrected chi connectivity index (χ4v) is 3.05. The Morgan fingerprint density at radius 3 is 1.76 bits per heavy atom. The average molecular weight is 369 g/mol. The Balaban J connectivity index is 2.06. The Morgan fingerprint density at radius 2 is 1.20 bits per heavy atom. The number of benzene rings is 3. The molecule has 0 heterocycles. The number of ether oxygens (including phenoxy) is 1. The Labute approximate surface area is 158 Å². The Kier molecular flexibility index (Phi) is 6.16. The summed E-state index contributed by atoms with van der Waals surface area (Å²) in [5.41, 5.74) is 4.10. The van der Waals surface area contributed by atoms with Gasteiger partial charge in [-0.05, 0) is 28.8 Å². The summed E-state index contributed by atoms with van der Waals surface area (Å²) in [6.07, 6.45) is 0. The van der Waals surface area contributed by atoms with Gasteiger partial charge in [-0.3, -0.25) is 0 Å². The van der Waals surface area contributed by atoms with E-state index in [-0.39, 0.29) is 0 Å². The first-order valence-electron chi connectivity index (χ1n) is 8.09. The highest BCUT2D eigenvalue weighted by Gasteiger charge is 2.12. The third kappa shape index (κ3) is 4.45. The lowest BCUT2D eigenvalue weighted by molar-refractivity contribution is 0.343. The number of rotatable bonds is 6. The molecular weight excluding hydrogens is 351 g/mol. The quantitative estimate of drug-likeness (QED) is 0.358. The lowest BCUT2D eigenvalue weighted by atomic mass is 9.95. The minimum atomic E-state index is 0.469. The molecule has 0 saturated heterocycles. The Morgan fingerprint density at radius 1 is 0.680 bits per heavy atom. The molecule has 0 unspecified atom stereocenters. The van der Waals surface area contributed by atoms with Crippen molar-refractivity contribution in [3.8, 4) is 5.75 Å². The van der Waals surface area contributed by atoms with Gasteiger partial charge >= 0.3 is 0 Å². The molecular formula is C22H18Cl2O. The molecule has 0 bridgehead atoms. The molecule has 0 amide bonds. The van der Waals surface area contributed by atoms with Crippen LogP contribution in [0.1, 0.15) is 16.7 Å². The largest absolute Gasteiger partial charge is 0.492 e. The molecule has 3 aromatic carbocycles. The molecule has 0 aromatic heterocycles. The monoisotopic (exact) mass is 368 g/mol. The molecule has 0 spiro atoms. The van der Waals surface area contributed by atoms with Crippen LogP contribution in [-0.2, 0) is 0 Å². The average Bonchev–Trinajstić information content (AvgIpc) is 2.69. The molecule has 0 aliphatic heterocycles. The molecule has 0 aliphatic rings. The second-order valence-corrected chi connectivity index (χ2v) is 6.24. The molecule has 3 heteroatoms. The van der Waals surface area contributed by atoms with E-state index in [0.717, 1.165) is 33.0 Å². The first-order valence-corrected chi connectivity index (χ1v) is 9.00. The topological polar surface area (TPSA) is 9.23 Å². The van der Waals surface area contributed by atoms with Gasteiger partial charge in [-0.1, -0.05) is 84.4 Å². The van der Waals surface area contributed by atoms with Crippen molar-refractivity contribution in [3.63, 3.8) is 0 Å². The SMILES string of the molecule is ClCCOc1ccc(/C(=C(/Cl)c2ccccc2)c2ccccc2)cc1. The van der Waals surface area contributed by atoms with Gasteiger partial charge < -0.3 is 4.74 Å². The predicted octanol–water partition coefficient (Wildman–Crippen LogP) is 6.46. The molecule has 0 fully saturated rings. The highest BCUT2D eigenvalue weighted by molar-refractivity contribution is 6.53. The van der Waals surface area contributed by atoms with E-state index in [2.05, 4.69) is 12.1 Å². The van der Waals surface area contributed by atoms with E-state index in [1.54, 1.807) is 0 Å². The molecule has 0 atom stereocenters. The third-order valence-electron chi connectivity index (χ3n) is 3.80. The first-order chi connectivity index (χ1) is 12.3. The van der Waals surface area contributed by atoms with E-state index in [4.69, 9.17) is 27.9 Å². The Bertz CT molecular complexity index is 825. The molecule has 25 heavy (non-hydrogen) atoms. The summed E-state index contributed by atoms with van der Waals surface area (Å²) >= 11 is 12.5. The minimum absolute atomic E-state index is 0.469. The standard InChI is InChI=1S/C22H18Cl2O/c23-15-16-25-20-13-11-18(12-14-20)21(17-7-3-1-4-8-17)22(24)19-9-5-2-6-10-19/h1-14H,15-16H2/b22-21+. The fraction of sp³-hybridized carbons (Fsp3) is 0.0909. The van der Waals surface area contributed by atoms with Gasteiger partial charge in [-0.25, -0.2) is 0 Å². The van der Waals surface area contributed by atoms with E-state index in [1.807, 2.05) is 72.8 Å². The zero-order valence-electron chi connectivity index (χ0n) is 13.7. The summed E-state index contributed by atoms with van der Waals surface area (Å²) in [6.45, 7) is 0.493. The van der Waals surface area contributed by atoms with Crippen LogP contribution in [0, 0.1) is 0 Å². The maximum atomic E-state index is 6.80. The van der Waals surface area contributed by atoms with Crippen LogP contribution in [-0.4, -0.2) is 12.5 Å². The van der Waals surface area contributed by atoms with Crippen molar-refractivity contribution in [2.75, 3.05) is 12.5 Å². The molecule has 3 rings (SSSR count). The molecule has 0 aliphatic carbocycles. The Hall–Kier alpha value is -2.22. The summed E-state index contributed by atoms with van der Waals surface area (Å²) in [4.78, 5) is 0. The maximum Gasteiger partial charge on any atom is 0.119 e. The van der Waals surface area contributed by atoms with Crippen LogP contribution in [0.15, 0.2) is 84.9 Å². The van der Waals surface area contributed by atoms with Crippen LogP contribution >= 0.6 is 23.2 Å². The van der Waals surface area contributed by atoms with Gasteiger partial charge in [0.2, 0.25) is 0 Å². The molecule has 0 radical (unpaired) electrons. The van der Waals surface area contributed by atoms with Crippen molar-refractivity contribution in [1.82, 2.24) is 0 Å². The summed E-state index contributed by atoms with van der Waals surface area (Å²) in [6, 6.07) is 28.1. The van der Waals surface area contributed by atoms with E-state index in [1.165, 1.54) is 0 Å². The van der Waals surface area contributed by atoms with Crippen molar-refractivity contribution in [2.24, 2.45) is 0 Å². The number of hydrogen-bond donors (Lipinski definition) is 0. The predicted molar refractivity (Wildman–Crippen MR) is 107 cm³/mol. The van der Waals surface area contributed by atoms with Crippen molar-refractivity contribution < 1.29 is 4.74 Å². The first kappa shape index (κ1) is 17.6. The fourth-order valence-electron chi connectivity index (χ4n) is 2.63. The molecule has 3 aromatic rings. The lowest BCUT2D eigenvalue weighted by Gasteiger charge is -2.13.